The van der Waals surface area contributed by atoms with Gasteiger partial charge in [-0.1, -0.05) is 17.3 Å². The van der Waals surface area contributed by atoms with Gasteiger partial charge in [-0.3, -0.25) is 4.98 Å². The average molecular weight is 298 g/mol. The molecule has 1 N–H and O–H groups in total. The maximum Gasteiger partial charge on any atom is 0.358 e. The SMILES string of the molecule is Cc1ccc(-n2nnc(C(=O)O)c2-c2ccccn2)c(F)c1. The molecule has 2 aromatic heterocycles. The van der Waals surface area contributed by atoms with Gasteiger partial charge in [-0.25, -0.2) is 13.9 Å². The summed E-state index contributed by atoms with van der Waals surface area (Å²) in [6.07, 6.45) is 1.52. The lowest BCUT2D eigenvalue weighted by Gasteiger charge is -2.08. The van der Waals surface area contributed by atoms with E-state index in [4.69, 9.17) is 0 Å². The third kappa shape index (κ3) is 2.32. The lowest BCUT2D eigenvalue weighted by Crippen LogP contribution is -2.05. The molecule has 0 bridgehead atoms. The Balaban J connectivity index is 2.27. The average Bonchev–Trinajstić information content (AvgIpc) is 2.93. The maximum atomic E-state index is 14.2. The summed E-state index contributed by atoms with van der Waals surface area (Å²) < 4.78 is 15.3. The zero-order chi connectivity index (χ0) is 15.7. The molecular formula is C15H11FN4O2. The molecule has 0 aliphatic rings. The van der Waals surface area contributed by atoms with Crippen LogP contribution in [0.15, 0.2) is 42.6 Å². The Kier molecular flexibility index (Phi) is 3.38. The van der Waals surface area contributed by atoms with Gasteiger partial charge in [-0.15, -0.1) is 5.10 Å². The molecular weight excluding hydrogens is 287 g/mol. The van der Waals surface area contributed by atoms with Crippen LogP contribution in [0.5, 0.6) is 0 Å². The monoisotopic (exact) mass is 298 g/mol. The lowest BCUT2D eigenvalue weighted by molar-refractivity contribution is 0.0691. The highest BCUT2D eigenvalue weighted by atomic mass is 19.1. The van der Waals surface area contributed by atoms with E-state index in [9.17, 15) is 14.3 Å². The number of aromatic nitrogens is 4. The molecule has 22 heavy (non-hydrogen) atoms. The molecule has 1 aromatic carbocycles. The van der Waals surface area contributed by atoms with Crippen molar-refractivity contribution in [3.8, 4) is 17.1 Å². The zero-order valence-electron chi connectivity index (χ0n) is 11.6. The second-order valence-corrected chi connectivity index (χ2v) is 4.67. The van der Waals surface area contributed by atoms with Crippen LogP contribution in [0.4, 0.5) is 4.39 Å². The van der Waals surface area contributed by atoms with Crippen molar-refractivity contribution in [2.75, 3.05) is 0 Å². The number of carboxylic acid groups (broad SMARTS) is 1. The number of aryl methyl sites for hydroxylation is 1. The molecule has 2 heterocycles. The summed E-state index contributed by atoms with van der Waals surface area (Å²) in [6, 6.07) is 9.61. The molecule has 0 atom stereocenters. The van der Waals surface area contributed by atoms with E-state index in [2.05, 4.69) is 15.3 Å². The van der Waals surface area contributed by atoms with E-state index < -0.39 is 11.8 Å². The number of carboxylic acids is 1. The normalized spacial score (nSPS) is 10.6. The number of hydrogen-bond acceptors (Lipinski definition) is 4. The summed E-state index contributed by atoms with van der Waals surface area (Å²) in [5.41, 5.74) is 1.07. The largest absolute Gasteiger partial charge is 0.476 e. The van der Waals surface area contributed by atoms with Crippen molar-refractivity contribution in [3.05, 3.63) is 59.7 Å². The summed E-state index contributed by atoms with van der Waals surface area (Å²) in [5, 5.41) is 16.7. The fourth-order valence-corrected chi connectivity index (χ4v) is 2.11. The van der Waals surface area contributed by atoms with Gasteiger partial charge < -0.3 is 5.11 Å². The van der Waals surface area contributed by atoms with Gasteiger partial charge >= 0.3 is 5.97 Å². The topological polar surface area (TPSA) is 80.9 Å². The van der Waals surface area contributed by atoms with Crippen molar-refractivity contribution < 1.29 is 14.3 Å². The van der Waals surface area contributed by atoms with Crippen LogP contribution in [-0.2, 0) is 0 Å². The smallest absolute Gasteiger partial charge is 0.358 e. The summed E-state index contributed by atoms with van der Waals surface area (Å²) in [4.78, 5) is 15.5. The number of carbonyl (C=O) groups is 1. The highest BCUT2D eigenvalue weighted by Gasteiger charge is 2.23. The third-order valence-electron chi connectivity index (χ3n) is 3.11. The Labute approximate surface area is 124 Å². The minimum atomic E-state index is -1.25. The minimum absolute atomic E-state index is 0.117. The Hall–Kier alpha value is -3.09. The van der Waals surface area contributed by atoms with Crippen LogP contribution in [-0.4, -0.2) is 31.1 Å². The van der Waals surface area contributed by atoms with Gasteiger partial charge in [0.25, 0.3) is 0 Å². The number of pyridine rings is 1. The summed E-state index contributed by atoms with van der Waals surface area (Å²) in [7, 11) is 0. The van der Waals surface area contributed by atoms with E-state index in [-0.39, 0.29) is 17.1 Å². The molecule has 3 aromatic rings. The van der Waals surface area contributed by atoms with Crippen molar-refractivity contribution >= 4 is 5.97 Å². The van der Waals surface area contributed by atoms with Crippen molar-refractivity contribution in [1.29, 1.82) is 0 Å². The molecule has 3 rings (SSSR count). The fourth-order valence-electron chi connectivity index (χ4n) is 2.11. The first-order valence-electron chi connectivity index (χ1n) is 6.45. The third-order valence-corrected chi connectivity index (χ3v) is 3.11. The van der Waals surface area contributed by atoms with Crippen LogP contribution >= 0.6 is 0 Å². The van der Waals surface area contributed by atoms with Crippen LogP contribution in [0, 0.1) is 12.7 Å². The van der Waals surface area contributed by atoms with Crippen LogP contribution in [0.3, 0.4) is 0 Å². The highest BCUT2D eigenvalue weighted by Crippen LogP contribution is 2.25. The predicted molar refractivity (Wildman–Crippen MR) is 76.2 cm³/mol. The van der Waals surface area contributed by atoms with Crippen LogP contribution in [0.25, 0.3) is 17.1 Å². The molecule has 0 spiro atoms. The van der Waals surface area contributed by atoms with E-state index in [1.165, 1.54) is 18.3 Å². The number of hydrogen-bond donors (Lipinski definition) is 1. The van der Waals surface area contributed by atoms with Gasteiger partial charge in [0.15, 0.2) is 5.69 Å². The quantitative estimate of drug-likeness (QED) is 0.803. The van der Waals surface area contributed by atoms with E-state index in [1.54, 1.807) is 31.2 Å². The zero-order valence-corrected chi connectivity index (χ0v) is 11.6. The van der Waals surface area contributed by atoms with E-state index in [1.807, 2.05) is 0 Å². The molecule has 0 radical (unpaired) electrons. The molecule has 0 amide bonds. The summed E-state index contributed by atoms with van der Waals surface area (Å²) in [6.45, 7) is 1.76. The van der Waals surface area contributed by atoms with Crippen molar-refractivity contribution in [2.24, 2.45) is 0 Å². The van der Waals surface area contributed by atoms with Gasteiger partial charge in [0, 0.05) is 6.20 Å². The van der Waals surface area contributed by atoms with E-state index >= 15 is 0 Å². The molecule has 0 fully saturated rings. The van der Waals surface area contributed by atoms with Crippen LogP contribution in [0.2, 0.25) is 0 Å². The summed E-state index contributed by atoms with van der Waals surface area (Å²) >= 11 is 0. The first kappa shape index (κ1) is 13.9. The van der Waals surface area contributed by atoms with Gasteiger partial charge in [-0.05, 0) is 36.8 Å². The van der Waals surface area contributed by atoms with Gasteiger partial charge in [0.2, 0.25) is 0 Å². The lowest BCUT2D eigenvalue weighted by atomic mass is 10.2. The summed E-state index contributed by atoms with van der Waals surface area (Å²) in [5.74, 6) is -1.77. The number of aromatic carboxylic acids is 1. The van der Waals surface area contributed by atoms with Crippen LogP contribution < -0.4 is 0 Å². The van der Waals surface area contributed by atoms with E-state index in [0.717, 1.165) is 10.2 Å². The Morgan fingerprint density at radius 1 is 1.27 bits per heavy atom. The van der Waals surface area contributed by atoms with Gasteiger partial charge in [-0.2, -0.15) is 0 Å². The van der Waals surface area contributed by atoms with Gasteiger partial charge in [0.05, 0.1) is 5.69 Å². The van der Waals surface area contributed by atoms with Crippen LogP contribution in [0.1, 0.15) is 16.1 Å². The Morgan fingerprint density at radius 2 is 2.09 bits per heavy atom. The molecule has 0 unspecified atom stereocenters. The minimum Gasteiger partial charge on any atom is -0.476 e. The molecule has 110 valence electrons. The van der Waals surface area contributed by atoms with Crippen molar-refractivity contribution in [3.63, 3.8) is 0 Å². The fraction of sp³-hybridized carbons (Fsp3) is 0.0667. The van der Waals surface area contributed by atoms with Gasteiger partial charge in [0.1, 0.15) is 17.2 Å². The Morgan fingerprint density at radius 3 is 2.73 bits per heavy atom. The second kappa shape index (κ2) is 5.36. The number of halogens is 1. The Bertz CT molecular complexity index is 846. The molecule has 0 aliphatic heterocycles. The second-order valence-electron chi connectivity index (χ2n) is 4.67. The standard InChI is InChI=1S/C15H11FN4O2/c1-9-5-6-12(10(16)8-9)20-14(11-4-2-3-7-17-11)13(15(21)22)18-19-20/h2-8H,1H3,(H,21,22). The predicted octanol–water partition coefficient (Wildman–Crippen LogP) is 2.48. The van der Waals surface area contributed by atoms with Crippen molar-refractivity contribution in [1.82, 2.24) is 20.0 Å². The molecule has 6 nitrogen and oxygen atoms in total. The first-order valence-corrected chi connectivity index (χ1v) is 6.45. The molecule has 0 saturated heterocycles. The highest BCUT2D eigenvalue weighted by molar-refractivity contribution is 5.92. The van der Waals surface area contributed by atoms with Crippen molar-refractivity contribution in [2.45, 2.75) is 6.92 Å². The number of rotatable bonds is 3. The first-order chi connectivity index (χ1) is 10.6. The maximum absolute atomic E-state index is 14.2. The number of benzene rings is 1. The number of nitrogens with zero attached hydrogens (tertiary/aromatic N) is 4. The molecule has 7 heteroatoms. The molecule has 0 aliphatic carbocycles. The van der Waals surface area contributed by atoms with E-state index in [0.29, 0.717) is 5.69 Å². The molecule has 0 saturated carbocycles.